The van der Waals surface area contributed by atoms with E-state index in [9.17, 15) is 14.4 Å². The molecule has 0 spiro atoms. The summed E-state index contributed by atoms with van der Waals surface area (Å²) in [6.07, 6.45) is 2.41. The minimum absolute atomic E-state index is 0.0409. The molecule has 0 saturated heterocycles. The first-order valence-electron chi connectivity index (χ1n) is 11.3. The van der Waals surface area contributed by atoms with Gasteiger partial charge >= 0.3 is 6.09 Å². The van der Waals surface area contributed by atoms with E-state index in [0.717, 1.165) is 12.8 Å². The van der Waals surface area contributed by atoms with Crippen LogP contribution in [0, 0.1) is 0 Å². The van der Waals surface area contributed by atoms with Gasteiger partial charge in [0, 0.05) is 18.1 Å². The number of ketones is 1. The number of benzene rings is 1. The van der Waals surface area contributed by atoms with Gasteiger partial charge in [0.1, 0.15) is 5.60 Å². The Bertz CT molecular complexity index is 824. The molecule has 0 aliphatic heterocycles. The molecule has 0 fully saturated rings. The lowest BCUT2D eigenvalue weighted by Gasteiger charge is -2.39. The van der Waals surface area contributed by atoms with Crippen LogP contribution >= 0.6 is 0 Å². The average molecular weight is 445 g/mol. The van der Waals surface area contributed by atoms with Crippen molar-refractivity contribution in [3.8, 4) is 0 Å². The first kappa shape index (κ1) is 25.6. The van der Waals surface area contributed by atoms with E-state index in [1.165, 1.54) is 6.92 Å². The Morgan fingerprint density at radius 2 is 1.69 bits per heavy atom. The molecule has 0 heterocycles. The zero-order valence-electron chi connectivity index (χ0n) is 19.9. The second-order valence-electron chi connectivity index (χ2n) is 9.11. The molecule has 176 valence electrons. The third kappa shape index (κ3) is 7.48. The summed E-state index contributed by atoms with van der Waals surface area (Å²) in [5.41, 5.74) is 0.426. The van der Waals surface area contributed by atoms with Crippen LogP contribution in [0.1, 0.15) is 71.2 Å². The Balaban J connectivity index is 2.40. The fourth-order valence-electron chi connectivity index (χ4n) is 3.75. The van der Waals surface area contributed by atoms with E-state index in [1.807, 2.05) is 32.0 Å². The first-order valence-corrected chi connectivity index (χ1v) is 11.3. The normalized spacial score (nSPS) is 21.0. The van der Waals surface area contributed by atoms with E-state index in [1.54, 1.807) is 39.0 Å². The molecule has 1 aromatic rings. The molecule has 2 rings (SSSR count). The SMILES string of the molecule is CCC(CC)O[C@@H]1C=C(C(=O)c2ccccc2)C[C@H](NC(=O)OC(C)(C)C)[C@H]1NC(C)=O. The van der Waals surface area contributed by atoms with Crippen molar-refractivity contribution in [1.82, 2.24) is 10.6 Å². The summed E-state index contributed by atoms with van der Waals surface area (Å²) in [5.74, 6) is -0.364. The molecule has 2 amide bonds. The van der Waals surface area contributed by atoms with Crippen molar-refractivity contribution in [2.45, 2.75) is 90.7 Å². The molecule has 7 nitrogen and oxygen atoms in total. The monoisotopic (exact) mass is 444 g/mol. The van der Waals surface area contributed by atoms with Gasteiger partial charge in [-0.05, 0) is 46.1 Å². The standard InChI is InChI=1S/C25H36N2O5/c1-7-19(8-2)31-21-15-18(23(29)17-12-10-9-11-13-17)14-20(22(21)26-16(3)28)27-24(30)32-25(4,5)6/h9-13,15,19-22H,7-8,14H2,1-6H3,(H,26,28)(H,27,30)/t20-,21+,22+/m0/s1. The number of carbonyl (C=O) groups is 3. The number of carbonyl (C=O) groups excluding carboxylic acids is 3. The van der Waals surface area contributed by atoms with Crippen molar-refractivity contribution in [3.63, 3.8) is 0 Å². The van der Waals surface area contributed by atoms with Gasteiger partial charge in [-0.1, -0.05) is 44.2 Å². The molecule has 32 heavy (non-hydrogen) atoms. The summed E-state index contributed by atoms with van der Waals surface area (Å²) >= 11 is 0. The molecule has 0 saturated carbocycles. The second kappa shape index (κ2) is 11.3. The van der Waals surface area contributed by atoms with Crippen LogP contribution in [0.15, 0.2) is 42.0 Å². The van der Waals surface area contributed by atoms with E-state index < -0.39 is 29.9 Å². The van der Waals surface area contributed by atoms with Crippen molar-refractivity contribution < 1.29 is 23.9 Å². The molecule has 0 radical (unpaired) electrons. The van der Waals surface area contributed by atoms with Crippen LogP contribution < -0.4 is 10.6 Å². The number of alkyl carbamates (subject to hydrolysis) is 1. The summed E-state index contributed by atoms with van der Waals surface area (Å²) in [6, 6.07) is 7.89. The number of Topliss-reactive ketones (excluding diaryl/α,β-unsaturated/α-hetero) is 1. The largest absolute Gasteiger partial charge is 0.444 e. The van der Waals surface area contributed by atoms with Gasteiger partial charge < -0.3 is 20.1 Å². The minimum Gasteiger partial charge on any atom is -0.444 e. The Kier molecular flexibility index (Phi) is 9.01. The Morgan fingerprint density at radius 3 is 2.22 bits per heavy atom. The number of rotatable bonds is 8. The van der Waals surface area contributed by atoms with Crippen molar-refractivity contribution in [2.24, 2.45) is 0 Å². The smallest absolute Gasteiger partial charge is 0.407 e. The number of nitrogens with one attached hydrogen (secondary N) is 2. The summed E-state index contributed by atoms with van der Waals surface area (Å²) in [5, 5.41) is 5.77. The molecule has 2 N–H and O–H groups in total. The molecule has 1 aliphatic rings. The van der Waals surface area contributed by atoms with Crippen LogP contribution in [0.5, 0.6) is 0 Å². The fourth-order valence-corrected chi connectivity index (χ4v) is 3.75. The highest BCUT2D eigenvalue weighted by Crippen LogP contribution is 2.27. The maximum Gasteiger partial charge on any atom is 0.407 e. The van der Waals surface area contributed by atoms with Gasteiger partial charge in [-0.3, -0.25) is 9.59 Å². The molecule has 1 aliphatic carbocycles. The van der Waals surface area contributed by atoms with Crippen LogP contribution in [0.3, 0.4) is 0 Å². The van der Waals surface area contributed by atoms with Crippen molar-refractivity contribution in [2.75, 3.05) is 0 Å². The Labute approximate surface area is 190 Å². The van der Waals surface area contributed by atoms with Crippen molar-refractivity contribution >= 4 is 17.8 Å². The first-order chi connectivity index (χ1) is 15.0. The van der Waals surface area contributed by atoms with Gasteiger partial charge in [0.25, 0.3) is 0 Å². The summed E-state index contributed by atoms with van der Waals surface area (Å²) < 4.78 is 11.7. The molecule has 0 unspecified atom stereocenters. The molecule has 1 aromatic carbocycles. The van der Waals surface area contributed by atoms with Gasteiger partial charge in [0.15, 0.2) is 5.78 Å². The van der Waals surface area contributed by atoms with Crippen LogP contribution in [-0.4, -0.2) is 47.7 Å². The zero-order valence-corrected chi connectivity index (χ0v) is 19.9. The lowest BCUT2D eigenvalue weighted by molar-refractivity contribution is -0.121. The highest BCUT2D eigenvalue weighted by atomic mass is 16.6. The predicted octanol–water partition coefficient (Wildman–Crippen LogP) is 4.17. The van der Waals surface area contributed by atoms with E-state index in [-0.39, 0.29) is 24.2 Å². The molecular formula is C25H36N2O5. The van der Waals surface area contributed by atoms with Crippen LogP contribution in [0.25, 0.3) is 0 Å². The highest BCUT2D eigenvalue weighted by molar-refractivity contribution is 6.09. The highest BCUT2D eigenvalue weighted by Gasteiger charge is 2.39. The topological polar surface area (TPSA) is 93.7 Å². The molecule has 0 aromatic heterocycles. The minimum atomic E-state index is -0.674. The second-order valence-corrected chi connectivity index (χ2v) is 9.11. The average Bonchev–Trinajstić information content (AvgIpc) is 2.72. The summed E-state index contributed by atoms with van der Waals surface area (Å²) in [6.45, 7) is 10.8. The van der Waals surface area contributed by atoms with E-state index in [0.29, 0.717) is 11.1 Å². The third-order valence-corrected chi connectivity index (χ3v) is 5.25. The summed E-state index contributed by atoms with van der Waals surface area (Å²) in [7, 11) is 0. The lowest BCUT2D eigenvalue weighted by atomic mass is 9.84. The van der Waals surface area contributed by atoms with Gasteiger partial charge in [-0.2, -0.15) is 0 Å². The fraction of sp³-hybridized carbons (Fsp3) is 0.560. The maximum absolute atomic E-state index is 13.2. The molecule has 7 heteroatoms. The van der Waals surface area contributed by atoms with Crippen molar-refractivity contribution in [3.05, 3.63) is 47.5 Å². The van der Waals surface area contributed by atoms with Gasteiger partial charge in [-0.25, -0.2) is 4.79 Å². The Morgan fingerprint density at radius 1 is 1.06 bits per heavy atom. The molecular weight excluding hydrogens is 408 g/mol. The van der Waals surface area contributed by atoms with E-state index in [4.69, 9.17) is 9.47 Å². The number of ether oxygens (including phenoxy) is 2. The van der Waals surface area contributed by atoms with Gasteiger partial charge in [-0.15, -0.1) is 0 Å². The van der Waals surface area contributed by atoms with Crippen LogP contribution in [0.2, 0.25) is 0 Å². The maximum atomic E-state index is 13.2. The van der Waals surface area contributed by atoms with Gasteiger partial charge in [0.05, 0.1) is 24.3 Å². The van der Waals surface area contributed by atoms with E-state index in [2.05, 4.69) is 10.6 Å². The third-order valence-electron chi connectivity index (χ3n) is 5.25. The van der Waals surface area contributed by atoms with Crippen LogP contribution in [-0.2, 0) is 14.3 Å². The number of amides is 2. The number of hydrogen-bond donors (Lipinski definition) is 2. The summed E-state index contributed by atoms with van der Waals surface area (Å²) in [4.78, 5) is 37.7. The molecule has 3 atom stereocenters. The quantitative estimate of drug-likeness (QED) is 0.587. The van der Waals surface area contributed by atoms with Gasteiger partial charge in [0.2, 0.25) is 5.91 Å². The zero-order chi connectivity index (χ0) is 23.9. The molecule has 0 bridgehead atoms. The number of hydrogen-bond acceptors (Lipinski definition) is 5. The Hall–Kier alpha value is -2.67. The van der Waals surface area contributed by atoms with Crippen molar-refractivity contribution in [1.29, 1.82) is 0 Å². The van der Waals surface area contributed by atoms with Crippen LogP contribution in [0.4, 0.5) is 4.79 Å². The predicted molar refractivity (Wildman–Crippen MR) is 123 cm³/mol. The van der Waals surface area contributed by atoms with E-state index >= 15 is 0 Å². The lowest BCUT2D eigenvalue weighted by Crippen LogP contribution is -2.60.